The molecule has 1 atom stereocenters. The van der Waals surface area contributed by atoms with Crippen LogP contribution in [0.15, 0.2) is 59.1 Å². The number of hydrogen-bond donors (Lipinski definition) is 2. The summed E-state index contributed by atoms with van der Waals surface area (Å²) in [4.78, 5) is 11.9. The van der Waals surface area contributed by atoms with E-state index >= 15 is 0 Å². The molecule has 3 aromatic rings. The van der Waals surface area contributed by atoms with Gasteiger partial charge in [-0.2, -0.15) is 24.3 Å². The van der Waals surface area contributed by atoms with Gasteiger partial charge in [0.1, 0.15) is 5.82 Å². The van der Waals surface area contributed by atoms with Crippen LogP contribution >= 0.6 is 0 Å². The third-order valence-electron chi connectivity index (χ3n) is 3.85. The minimum Gasteiger partial charge on any atom is -0.470 e. The number of aromatic nitrogens is 1. The number of carbonyl (C=O) groups excluding carboxylic acids is 1. The molecule has 7 heteroatoms. The number of halogens is 1. The molecule has 0 spiro atoms. The molecule has 1 amide bonds. The van der Waals surface area contributed by atoms with Gasteiger partial charge in [-0.05, 0) is 29.2 Å². The number of benzene rings is 2. The van der Waals surface area contributed by atoms with Gasteiger partial charge in [-0.15, -0.1) is 18.3 Å². The van der Waals surface area contributed by atoms with Crippen molar-refractivity contribution in [2.24, 2.45) is 5.73 Å². The van der Waals surface area contributed by atoms with Gasteiger partial charge in [0, 0.05) is 0 Å². The molecule has 0 radical (unpaired) electrons. The Bertz CT molecular complexity index is 865. The molecule has 0 bridgehead atoms. The summed E-state index contributed by atoms with van der Waals surface area (Å²) in [5.74, 6) is 0.192. The number of rotatable bonds is 4. The van der Waals surface area contributed by atoms with Gasteiger partial charge < -0.3 is 15.6 Å². The van der Waals surface area contributed by atoms with Crippen LogP contribution in [0.4, 0.5) is 10.1 Å². The SMILES string of the molecule is CC(C)(C)c1c[c-]no1.NC(Cc1ccccc1F)C(=O)Nc1cc[c-]cc1.[K+]. The predicted molar refractivity (Wildman–Crippen MR) is 106 cm³/mol. The van der Waals surface area contributed by atoms with Gasteiger partial charge in [0.25, 0.3) is 0 Å². The van der Waals surface area contributed by atoms with E-state index in [1.54, 1.807) is 48.5 Å². The van der Waals surface area contributed by atoms with Crippen LogP contribution in [0.3, 0.4) is 0 Å². The van der Waals surface area contributed by atoms with Crippen LogP contribution < -0.4 is 62.4 Å². The van der Waals surface area contributed by atoms with E-state index in [-0.39, 0.29) is 74.9 Å². The molecule has 0 fully saturated rings. The summed E-state index contributed by atoms with van der Waals surface area (Å²) in [5, 5.41) is 6.16. The summed E-state index contributed by atoms with van der Waals surface area (Å²) in [7, 11) is 0. The quantitative estimate of drug-likeness (QED) is 0.486. The molecule has 3 N–H and O–H groups in total. The molecule has 0 saturated carbocycles. The molecule has 5 nitrogen and oxygen atoms in total. The van der Waals surface area contributed by atoms with Crippen LogP contribution in [0.1, 0.15) is 32.1 Å². The molecule has 1 aromatic heterocycles. The Hall–Kier alpha value is -1.35. The molecule has 1 unspecified atom stereocenters. The van der Waals surface area contributed by atoms with Crippen molar-refractivity contribution in [1.82, 2.24) is 5.16 Å². The van der Waals surface area contributed by atoms with Crippen LogP contribution in [0.5, 0.6) is 0 Å². The number of carbonyl (C=O) groups is 1. The maximum absolute atomic E-state index is 13.4. The van der Waals surface area contributed by atoms with Crippen molar-refractivity contribution in [3.63, 3.8) is 0 Å². The smallest absolute Gasteiger partial charge is 0.470 e. The summed E-state index contributed by atoms with van der Waals surface area (Å²) >= 11 is 0. The Morgan fingerprint density at radius 3 is 2.41 bits per heavy atom. The zero-order chi connectivity index (χ0) is 20.6. The topological polar surface area (TPSA) is 81.2 Å². The van der Waals surface area contributed by atoms with Crippen molar-refractivity contribution in [2.75, 3.05) is 5.32 Å². The Balaban J connectivity index is 0.000000355. The van der Waals surface area contributed by atoms with Gasteiger partial charge in [-0.3, -0.25) is 4.79 Å². The molecular weight excluding hydrogens is 396 g/mol. The molecule has 3 rings (SSSR count). The van der Waals surface area contributed by atoms with E-state index in [0.29, 0.717) is 11.3 Å². The predicted octanol–water partition coefficient (Wildman–Crippen LogP) is 0.911. The number of hydrogen-bond acceptors (Lipinski definition) is 4. The average Bonchev–Trinajstić information content (AvgIpc) is 3.20. The van der Waals surface area contributed by atoms with E-state index in [9.17, 15) is 9.18 Å². The normalized spacial score (nSPS) is 11.5. The fraction of sp³-hybridized carbons (Fsp3) is 0.273. The number of anilines is 1. The Kier molecular flexibility index (Phi) is 11.0. The zero-order valence-electron chi connectivity index (χ0n) is 17.2. The van der Waals surface area contributed by atoms with Crippen molar-refractivity contribution < 1.29 is 65.1 Å². The zero-order valence-corrected chi connectivity index (χ0v) is 20.3. The van der Waals surface area contributed by atoms with Crippen molar-refractivity contribution >= 4 is 11.6 Å². The first-order valence-corrected chi connectivity index (χ1v) is 8.86. The van der Waals surface area contributed by atoms with Gasteiger partial charge in [0.15, 0.2) is 0 Å². The molecule has 29 heavy (non-hydrogen) atoms. The van der Waals surface area contributed by atoms with E-state index < -0.39 is 6.04 Å². The first-order chi connectivity index (χ1) is 13.3. The van der Waals surface area contributed by atoms with Crippen LogP contribution in [-0.2, 0) is 16.6 Å². The molecule has 0 aliphatic rings. The number of nitrogens with one attached hydrogen (secondary N) is 1. The summed E-state index contributed by atoms with van der Waals surface area (Å²) in [5.41, 5.74) is 6.92. The number of nitrogens with zero attached hydrogens (tertiary/aromatic N) is 1. The van der Waals surface area contributed by atoms with E-state index in [2.05, 4.69) is 43.5 Å². The van der Waals surface area contributed by atoms with Crippen LogP contribution in [0, 0.1) is 18.1 Å². The van der Waals surface area contributed by atoms with E-state index in [0.717, 1.165) is 5.76 Å². The number of nitrogens with two attached hydrogens (primary N) is 1. The Labute approximate surface area is 213 Å². The van der Waals surface area contributed by atoms with E-state index in [1.807, 2.05) is 0 Å². The monoisotopic (exact) mass is 420 g/mol. The van der Waals surface area contributed by atoms with Crippen LogP contribution in [0.25, 0.3) is 0 Å². The molecule has 148 valence electrons. The summed E-state index contributed by atoms with van der Waals surface area (Å²) in [6.45, 7) is 6.21. The van der Waals surface area contributed by atoms with Gasteiger partial charge in [-0.1, -0.05) is 44.7 Å². The van der Waals surface area contributed by atoms with E-state index in [1.165, 1.54) is 6.07 Å². The third kappa shape index (κ3) is 8.90. The molecule has 2 aromatic carbocycles. The Morgan fingerprint density at radius 1 is 1.24 bits per heavy atom. The molecule has 0 aliphatic heterocycles. The molecular formula is C22H24FKN3O2-. The number of amides is 1. The third-order valence-corrected chi connectivity index (χ3v) is 3.85. The van der Waals surface area contributed by atoms with Crippen molar-refractivity contribution in [2.45, 2.75) is 38.6 Å². The molecule has 1 heterocycles. The van der Waals surface area contributed by atoms with Gasteiger partial charge >= 0.3 is 51.4 Å². The largest absolute Gasteiger partial charge is 1.00 e. The summed E-state index contributed by atoms with van der Waals surface area (Å²) in [6, 6.07) is 16.9. The van der Waals surface area contributed by atoms with E-state index in [4.69, 9.17) is 10.3 Å². The van der Waals surface area contributed by atoms with Crippen LogP contribution in [-0.4, -0.2) is 17.1 Å². The molecule has 0 saturated heterocycles. The van der Waals surface area contributed by atoms with Crippen LogP contribution in [0.2, 0.25) is 0 Å². The summed E-state index contributed by atoms with van der Waals surface area (Å²) < 4.78 is 18.3. The van der Waals surface area contributed by atoms with Gasteiger partial charge in [0.2, 0.25) is 5.91 Å². The average molecular weight is 421 g/mol. The second-order valence-electron chi connectivity index (χ2n) is 7.25. The minimum atomic E-state index is -0.791. The second-order valence-corrected chi connectivity index (χ2v) is 7.25. The second kappa shape index (κ2) is 12.4. The molecule has 0 aliphatic carbocycles. The van der Waals surface area contributed by atoms with Crippen molar-refractivity contribution in [3.05, 3.63) is 84.0 Å². The standard InChI is InChI=1S/C15H14FN2O.C7H10NO.K/c16-13-9-5-4-6-11(13)10-14(17)15(19)18-12-7-2-1-3-8-12;1-7(2,3)6-4-5-8-9-6;/h2-9,14H,10,17H2,(H,18,19);4H,1-3H3;/q2*-1;+1. The first-order valence-electron chi connectivity index (χ1n) is 8.86. The summed E-state index contributed by atoms with van der Waals surface area (Å²) in [6.07, 6.45) is 2.78. The van der Waals surface area contributed by atoms with Crippen molar-refractivity contribution in [3.8, 4) is 0 Å². The fourth-order valence-electron chi connectivity index (χ4n) is 2.24. The fourth-order valence-corrected chi connectivity index (χ4v) is 2.24. The van der Waals surface area contributed by atoms with Gasteiger partial charge in [0.05, 0.1) is 6.04 Å². The van der Waals surface area contributed by atoms with Crippen molar-refractivity contribution in [1.29, 1.82) is 0 Å². The maximum Gasteiger partial charge on any atom is 1.00 e. The van der Waals surface area contributed by atoms with Gasteiger partial charge in [-0.25, -0.2) is 9.55 Å². The minimum absolute atomic E-state index is 0. The maximum atomic E-state index is 13.4. The Morgan fingerprint density at radius 2 is 1.90 bits per heavy atom. The first kappa shape index (κ1) is 25.7.